The molecule has 2 aromatic rings. The van der Waals surface area contributed by atoms with Gasteiger partial charge >= 0.3 is 0 Å². The maximum atomic E-state index is 12.9. The lowest BCUT2D eigenvalue weighted by atomic mass is 10.0. The molecule has 2 fully saturated rings. The molecule has 0 bridgehead atoms. The molecule has 0 radical (unpaired) electrons. The number of piperidine rings is 1. The van der Waals surface area contributed by atoms with E-state index in [0.717, 1.165) is 61.6 Å². The molecule has 1 aromatic carbocycles. The van der Waals surface area contributed by atoms with Crippen LogP contribution in [0.25, 0.3) is 11.3 Å². The largest absolute Gasteiger partial charge is 0.376 e. The van der Waals surface area contributed by atoms with Crippen LogP contribution in [-0.2, 0) is 27.4 Å². The first-order valence-corrected chi connectivity index (χ1v) is 11.8. The fraction of sp³-hybridized carbons (Fsp3) is 0.440. The van der Waals surface area contributed by atoms with Gasteiger partial charge in [0.05, 0.1) is 18.4 Å². The first-order valence-electron chi connectivity index (χ1n) is 11.8. The van der Waals surface area contributed by atoms with Crippen LogP contribution in [-0.4, -0.2) is 66.0 Å². The minimum Gasteiger partial charge on any atom is -0.376 e. The molecule has 5 rings (SSSR count). The Kier molecular flexibility index (Phi) is 6.66. The van der Waals surface area contributed by atoms with E-state index in [9.17, 15) is 14.4 Å². The number of imide groups is 1. The van der Waals surface area contributed by atoms with Crippen molar-refractivity contribution in [3.8, 4) is 11.3 Å². The van der Waals surface area contributed by atoms with Crippen molar-refractivity contribution in [2.75, 3.05) is 26.2 Å². The average Bonchev–Trinajstić information content (AvgIpc) is 3.18. The van der Waals surface area contributed by atoms with Crippen LogP contribution in [0.4, 0.5) is 0 Å². The predicted molar refractivity (Wildman–Crippen MR) is 125 cm³/mol. The summed E-state index contributed by atoms with van der Waals surface area (Å²) in [6.07, 6.45) is 3.64. The third-order valence-electron chi connectivity index (χ3n) is 6.62. The van der Waals surface area contributed by atoms with Gasteiger partial charge in [0.1, 0.15) is 6.04 Å². The summed E-state index contributed by atoms with van der Waals surface area (Å²) in [4.78, 5) is 42.7. The number of nitrogens with one attached hydrogen (secondary N) is 3. The van der Waals surface area contributed by atoms with Crippen molar-refractivity contribution in [2.45, 2.75) is 44.5 Å². The maximum Gasteiger partial charge on any atom is 0.255 e. The molecule has 1 aromatic heterocycles. The highest BCUT2D eigenvalue weighted by Gasteiger charge is 2.39. The van der Waals surface area contributed by atoms with Crippen molar-refractivity contribution in [1.29, 1.82) is 0 Å². The zero-order valence-electron chi connectivity index (χ0n) is 19.0. The number of fused-ring (bicyclic) bond motifs is 1. The van der Waals surface area contributed by atoms with Gasteiger partial charge in [-0.1, -0.05) is 6.07 Å². The number of hydrogen-bond donors (Lipinski definition) is 3. The molecule has 9 nitrogen and oxygen atoms in total. The lowest BCUT2D eigenvalue weighted by Crippen LogP contribution is -2.52. The quantitative estimate of drug-likeness (QED) is 0.414. The van der Waals surface area contributed by atoms with Crippen molar-refractivity contribution < 1.29 is 19.1 Å². The summed E-state index contributed by atoms with van der Waals surface area (Å²) >= 11 is 0. The summed E-state index contributed by atoms with van der Waals surface area (Å²) in [5.74, 6) is -0.850. The van der Waals surface area contributed by atoms with Crippen molar-refractivity contribution in [3.63, 3.8) is 0 Å². The van der Waals surface area contributed by atoms with Crippen LogP contribution in [0.5, 0.6) is 0 Å². The number of carbonyl (C=O) groups is 3. The second-order valence-electron chi connectivity index (χ2n) is 8.98. The molecular formula is C25H29N5O4. The third-order valence-corrected chi connectivity index (χ3v) is 6.62. The van der Waals surface area contributed by atoms with E-state index in [2.05, 4.69) is 27.0 Å². The first-order chi connectivity index (χ1) is 16.6. The number of morpholine rings is 1. The molecule has 9 heteroatoms. The number of nitrogens with zero attached hydrogens (tertiary/aromatic N) is 2. The highest BCUT2D eigenvalue weighted by molar-refractivity contribution is 6.05. The Morgan fingerprint density at radius 1 is 1.18 bits per heavy atom. The van der Waals surface area contributed by atoms with Crippen LogP contribution in [0.2, 0.25) is 0 Å². The van der Waals surface area contributed by atoms with E-state index >= 15 is 0 Å². The fourth-order valence-corrected chi connectivity index (χ4v) is 4.78. The van der Waals surface area contributed by atoms with Gasteiger partial charge in [-0.3, -0.25) is 24.7 Å². The first kappa shape index (κ1) is 22.6. The Labute approximate surface area is 198 Å². The highest BCUT2D eigenvalue weighted by Crippen LogP contribution is 2.30. The zero-order valence-corrected chi connectivity index (χ0v) is 19.0. The molecule has 34 heavy (non-hydrogen) atoms. The molecule has 178 valence electrons. The number of ether oxygens (including phenoxy) is 1. The van der Waals surface area contributed by atoms with Crippen LogP contribution >= 0.6 is 0 Å². The molecule has 0 spiro atoms. The molecule has 2 unspecified atom stereocenters. The number of hydrogen-bond acceptors (Lipinski definition) is 7. The SMILES string of the molecule is O=C1CCC(N2Cc3cc(-c4cc(CNCCC5CNCCO5)ccn4)ccc3C2=O)C(=O)N1. The van der Waals surface area contributed by atoms with Gasteiger partial charge in [0.15, 0.2) is 0 Å². The number of benzene rings is 1. The minimum atomic E-state index is -0.608. The topological polar surface area (TPSA) is 113 Å². The number of pyridine rings is 1. The molecule has 0 aliphatic carbocycles. The lowest BCUT2D eigenvalue weighted by molar-refractivity contribution is -0.136. The van der Waals surface area contributed by atoms with E-state index in [4.69, 9.17) is 4.74 Å². The Balaban J connectivity index is 1.22. The van der Waals surface area contributed by atoms with Crippen molar-refractivity contribution in [3.05, 3.63) is 53.2 Å². The van der Waals surface area contributed by atoms with E-state index < -0.39 is 11.9 Å². The van der Waals surface area contributed by atoms with Gasteiger partial charge in [-0.05, 0) is 54.8 Å². The second kappa shape index (κ2) is 10.0. The molecule has 3 amide bonds. The highest BCUT2D eigenvalue weighted by atomic mass is 16.5. The summed E-state index contributed by atoms with van der Waals surface area (Å²) in [7, 11) is 0. The van der Waals surface area contributed by atoms with Crippen molar-refractivity contribution in [1.82, 2.24) is 25.8 Å². The summed E-state index contributed by atoms with van der Waals surface area (Å²) < 4.78 is 5.73. The van der Waals surface area contributed by atoms with Gasteiger partial charge < -0.3 is 20.3 Å². The van der Waals surface area contributed by atoms with Crippen LogP contribution in [0, 0.1) is 0 Å². The van der Waals surface area contributed by atoms with E-state index in [0.29, 0.717) is 18.5 Å². The summed E-state index contributed by atoms with van der Waals surface area (Å²) in [5, 5.41) is 9.16. The van der Waals surface area contributed by atoms with E-state index in [-0.39, 0.29) is 24.3 Å². The van der Waals surface area contributed by atoms with Gasteiger partial charge in [0, 0.05) is 49.9 Å². The van der Waals surface area contributed by atoms with Crippen LogP contribution in [0.1, 0.15) is 40.7 Å². The zero-order chi connectivity index (χ0) is 23.5. The molecular weight excluding hydrogens is 434 g/mol. The normalized spacial score (nSPS) is 22.6. The van der Waals surface area contributed by atoms with Crippen LogP contribution in [0.3, 0.4) is 0 Å². The smallest absolute Gasteiger partial charge is 0.255 e. The van der Waals surface area contributed by atoms with E-state index in [1.54, 1.807) is 11.1 Å². The Bertz CT molecular complexity index is 1100. The number of rotatable bonds is 7. The van der Waals surface area contributed by atoms with Gasteiger partial charge in [-0.15, -0.1) is 0 Å². The van der Waals surface area contributed by atoms with Crippen molar-refractivity contribution >= 4 is 17.7 Å². The predicted octanol–water partition coefficient (Wildman–Crippen LogP) is 0.978. The van der Waals surface area contributed by atoms with Crippen LogP contribution in [0.15, 0.2) is 36.5 Å². The minimum absolute atomic E-state index is 0.167. The molecule has 2 saturated heterocycles. The third kappa shape index (κ3) is 4.86. The fourth-order valence-electron chi connectivity index (χ4n) is 4.78. The van der Waals surface area contributed by atoms with Crippen molar-refractivity contribution in [2.24, 2.45) is 0 Å². The number of amides is 3. The average molecular weight is 464 g/mol. The summed E-state index contributed by atoms with van der Waals surface area (Å²) in [6, 6.07) is 9.13. The van der Waals surface area contributed by atoms with Gasteiger partial charge in [-0.2, -0.15) is 0 Å². The molecule has 3 N–H and O–H groups in total. The number of aromatic nitrogens is 1. The second-order valence-corrected chi connectivity index (χ2v) is 8.98. The Hall–Kier alpha value is -3.14. The Morgan fingerprint density at radius 2 is 2.09 bits per heavy atom. The van der Waals surface area contributed by atoms with Gasteiger partial charge in [-0.25, -0.2) is 0 Å². The summed E-state index contributed by atoms with van der Waals surface area (Å²) in [5.41, 5.74) is 4.38. The van der Waals surface area contributed by atoms with Gasteiger partial charge in [0.2, 0.25) is 11.8 Å². The maximum absolute atomic E-state index is 12.9. The Morgan fingerprint density at radius 3 is 2.91 bits per heavy atom. The standard InChI is InChI=1S/C25H29N5O4/c31-23-4-3-22(24(32)29-23)30-15-18-12-17(1-2-20(18)25(30)33)21-11-16(5-8-28-21)13-26-7-6-19-14-27-9-10-34-19/h1-2,5,8,11-12,19,22,26-27H,3-4,6-7,9-10,13-15H2,(H,29,31,32). The van der Waals surface area contributed by atoms with Gasteiger partial charge in [0.25, 0.3) is 5.91 Å². The molecule has 4 heterocycles. The number of carbonyl (C=O) groups excluding carboxylic acids is 3. The lowest BCUT2D eigenvalue weighted by Gasteiger charge is -2.29. The molecule has 2 atom stereocenters. The van der Waals surface area contributed by atoms with Crippen LogP contribution < -0.4 is 16.0 Å². The summed E-state index contributed by atoms with van der Waals surface area (Å²) in [6.45, 7) is 4.58. The van der Waals surface area contributed by atoms with E-state index in [1.807, 2.05) is 24.3 Å². The van der Waals surface area contributed by atoms with E-state index in [1.165, 1.54) is 0 Å². The monoisotopic (exact) mass is 463 g/mol. The molecule has 0 saturated carbocycles. The molecule has 3 aliphatic rings. The molecule has 3 aliphatic heterocycles.